The topological polar surface area (TPSA) is 3.24 Å². The molecule has 0 saturated carbocycles. The van der Waals surface area contributed by atoms with Crippen LogP contribution in [0.4, 0.5) is 5.69 Å². The first kappa shape index (κ1) is 18.0. The first-order valence-corrected chi connectivity index (χ1v) is 10.6. The van der Waals surface area contributed by atoms with Crippen molar-refractivity contribution in [2.75, 3.05) is 11.9 Å². The molecule has 0 heterocycles. The molecule has 0 spiro atoms. The minimum absolute atomic E-state index is 0.395. The number of rotatable bonds is 4. The highest BCUT2D eigenvalue weighted by Crippen LogP contribution is 2.31. The number of allylic oxidation sites excluding steroid dienone is 2. The normalized spacial score (nSPS) is 17.3. The zero-order chi connectivity index (χ0) is 19.8. The number of likely N-dealkylation sites (N-methyl/N-ethyl adjacent to an activating group) is 1. The standard InChI is InChI=1S/C28H27N/c1-20-3-5-21(6-4-20)22-11-15-27(16-12-22)29(2)28-17-13-24(14-18-28)26-10-8-23-7-9-25(23)19-26/h3-6,8,10-15,17-19,27H,7,9,16H2,1-2H3. The molecule has 1 heteroatoms. The minimum Gasteiger partial charge on any atom is -0.368 e. The molecule has 2 aliphatic carbocycles. The van der Waals surface area contributed by atoms with Crippen molar-refractivity contribution in [3.05, 3.63) is 107 Å². The summed E-state index contributed by atoms with van der Waals surface area (Å²) < 4.78 is 0. The molecular weight excluding hydrogens is 350 g/mol. The van der Waals surface area contributed by atoms with Crippen LogP contribution in [0.15, 0.2) is 85.0 Å². The summed E-state index contributed by atoms with van der Waals surface area (Å²) in [6.07, 6.45) is 10.5. The van der Waals surface area contributed by atoms with Gasteiger partial charge in [-0.25, -0.2) is 0 Å². The van der Waals surface area contributed by atoms with Gasteiger partial charge >= 0.3 is 0 Å². The fourth-order valence-electron chi connectivity index (χ4n) is 4.31. The molecule has 0 N–H and O–H groups in total. The van der Waals surface area contributed by atoms with Gasteiger partial charge in [0.25, 0.3) is 0 Å². The fraction of sp³-hybridized carbons (Fsp3) is 0.214. The molecule has 0 bridgehead atoms. The van der Waals surface area contributed by atoms with Gasteiger partial charge in [0.1, 0.15) is 0 Å². The number of nitrogens with zero attached hydrogens (tertiary/aromatic N) is 1. The average molecular weight is 378 g/mol. The summed E-state index contributed by atoms with van der Waals surface area (Å²) in [7, 11) is 2.19. The van der Waals surface area contributed by atoms with E-state index in [-0.39, 0.29) is 0 Å². The Kier molecular flexibility index (Phi) is 4.60. The van der Waals surface area contributed by atoms with Gasteiger partial charge in [0.2, 0.25) is 0 Å². The van der Waals surface area contributed by atoms with E-state index in [0.717, 1.165) is 6.42 Å². The van der Waals surface area contributed by atoms with Gasteiger partial charge in [-0.3, -0.25) is 0 Å². The van der Waals surface area contributed by atoms with Gasteiger partial charge in [0.05, 0.1) is 6.04 Å². The van der Waals surface area contributed by atoms with Crippen LogP contribution >= 0.6 is 0 Å². The lowest BCUT2D eigenvalue weighted by molar-refractivity contribution is 0.755. The van der Waals surface area contributed by atoms with Crippen LogP contribution in [0.5, 0.6) is 0 Å². The molecule has 0 aromatic heterocycles. The molecule has 0 saturated heterocycles. The first-order chi connectivity index (χ1) is 14.2. The smallest absolute Gasteiger partial charge is 0.0507 e. The second-order valence-corrected chi connectivity index (χ2v) is 8.33. The lowest BCUT2D eigenvalue weighted by Gasteiger charge is -2.29. The van der Waals surface area contributed by atoms with Crippen LogP contribution in [0.2, 0.25) is 0 Å². The Labute approximate surface area is 174 Å². The Balaban J connectivity index is 1.28. The van der Waals surface area contributed by atoms with Gasteiger partial charge < -0.3 is 4.90 Å². The summed E-state index contributed by atoms with van der Waals surface area (Å²) in [6, 6.07) is 25.1. The minimum atomic E-state index is 0.395. The average Bonchev–Trinajstić information content (AvgIpc) is 2.75. The van der Waals surface area contributed by atoms with E-state index in [0.29, 0.717) is 6.04 Å². The Morgan fingerprint density at radius 2 is 1.45 bits per heavy atom. The van der Waals surface area contributed by atoms with E-state index in [4.69, 9.17) is 0 Å². The molecule has 1 unspecified atom stereocenters. The van der Waals surface area contributed by atoms with Gasteiger partial charge in [-0.1, -0.05) is 78.4 Å². The second-order valence-electron chi connectivity index (χ2n) is 8.33. The van der Waals surface area contributed by atoms with Crippen molar-refractivity contribution in [1.29, 1.82) is 0 Å². The number of aryl methyl sites for hydroxylation is 3. The van der Waals surface area contributed by atoms with Crippen LogP contribution in [0, 0.1) is 6.92 Å². The molecule has 0 aliphatic heterocycles. The van der Waals surface area contributed by atoms with E-state index in [1.165, 1.54) is 57.5 Å². The van der Waals surface area contributed by atoms with E-state index >= 15 is 0 Å². The fourth-order valence-corrected chi connectivity index (χ4v) is 4.31. The van der Waals surface area contributed by atoms with E-state index in [1.807, 2.05) is 0 Å². The van der Waals surface area contributed by atoms with E-state index in [9.17, 15) is 0 Å². The van der Waals surface area contributed by atoms with Crippen molar-refractivity contribution in [3.63, 3.8) is 0 Å². The van der Waals surface area contributed by atoms with Crippen LogP contribution in [0.1, 0.15) is 28.7 Å². The maximum absolute atomic E-state index is 2.38. The van der Waals surface area contributed by atoms with Crippen LogP contribution < -0.4 is 4.90 Å². The highest BCUT2D eigenvalue weighted by molar-refractivity contribution is 5.76. The Bertz CT molecular complexity index is 1080. The van der Waals surface area contributed by atoms with Crippen molar-refractivity contribution in [2.45, 2.75) is 32.2 Å². The first-order valence-electron chi connectivity index (χ1n) is 10.6. The Morgan fingerprint density at radius 1 is 0.759 bits per heavy atom. The molecule has 3 aromatic rings. The maximum atomic E-state index is 2.38. The third-order valence-corrected chi connectivity index (χ3v) is 6.44. The predicted octanol–water partition coefficient (Wildman–Crippen LogP) is 6.61. The Hall–Kier alpha value is -3.06. The summed E-state index contributed by atoms with van der Waals surface area (Å²) >= 11 is 0. The lowest BCUT2D eigenvalue weighted by Crippen LogP contribution is -2.30. The number of benzene rings is 3. The molecule has 1 atom stereocenters. The van der Waals surface area contributed by atoms with E-state index in [2.05, 4.69) is 104 Å². The summed E-state index contributed by atoms with van der Waals surface area (Å²) in [5.41, 5.74) is 10.9. The molecule has 0 fully saturated rings. The van der Waals surface area contributed by atoms with E-state index < -0.39 is 0 Å². The summed E-state index contributed by atoms with van der Waals surface area (Å²) in [6.45, 7) is 2.13. The largest absolute Gasteiger partial charge is 0.368 e. The molecule has 1 nitrogen and oxygen atoms in total. The molecule has 2 aliphatic rings. The molecule has 144 valence electrons. The van der Waals surface area contributed by atoms with Crippen molar-refractivity contribution in [2.24, 2.45) is 0 Å². The summed E-state index contributed by atoms with van der Waals surface area (Å²) in [4.78, 5) is 2.38. The van der Waals surface area contributed by atoms with Crippen molar-refractivity contribution in [1.82, 2.24) is 0 Å². The number of hydrogen-bond acceptors (Lipinski definition) is 1. The third-order valence-electron chi connectivity index (χ3n) is 6.44. The summed E-state index contributed by atoms with van der Waals surface area (Å²) in [5.74, 6) is 0. The Morgan fingerprint density at radius 3 is 2.07 bits per heavy atom. The molecule has 29 heavy (non-hydrogen) atoms. The van der Waals surface area contributed by atoms with Gasteiger partial charge in [-0.05, 0) is 71.7 Å². The van der Waals surface area contributed by atoms with Gasteiger partial charge in [0.15, 0.2) is 0 Å². The molecule has 5 rings (SSSR count). The van der Waals surface area contributed by atoms with Gasteiger partial charge in [-0.15, -0.1) is 0 Å². The molecule has 0 radical (unpaired) electrons. The zero-order valence-electron chi connectivity index (χ0n) is 17.2. The zero-order valence-corrected chi connectivity index (χ0v) is 17.2. The van der Waals surface area contributed by atoms with Crippen LogP contribution in [0.25, 0.3) is 16.7 Å². The highest BCUT2D eigenvalue weighted by atomic mass is 15.1. The maximum Gasteiger partial charge on any atom is 0.0507 e. The number of hydrogen-bond donors (Lipinski definition) is 0. The SMILES string of the molecule is Cc1ccc(C2=CCC(N(C)c3ccc(-c4ccc5c(c4)CC5)cc3)C=C2)cc1. The van der Waals surface area contributed by atoms with Crippen molar-refractivity contribution in [3.8, 4) is 11.1 Å². The quantitative estimate of drug-likeness (QED) is 0.494. The van der Waals surface area contributed by atoms with Crippen molar-refractivity contribution >= 4 is 11.3 Å². The van der Waals surface area contributed by atoms with Crippen molar-refractivity contribution < 1.29 is 0 Å². The molecular formula is C28H27N. The second kappa shape index (κ2) is 7.40. The molecule has 3 aromatic carbocycles. The summed E-state index contributed by atoms with van der Waals surface area (Å²) in [5, 5.41) is 0. The van der Waals surface area contributed by atoms with Gasteiger partial charge in [-0.2, -0.15) is 0 Å². The van der Waals surface area contributed by atoms with Crippen LogP contribution in [-0.4, -0.2) is 13.1 Å². The lowest BCUT2D eigenvalue weighted by atomic mass is 9.86. The number of fused-ring (bicyclic) bond motifs is 1. The van der Waals surface area contributed by atoms with Crippen LogP contribution in [-0.2, 0) is 12.8 Å². The highest BCUT2D eigenvalue weighted by Gasteiger charge is 2.16. The van der Waals surface area contributed by atoms with Crippen LogP contribution in [0.3, 0.4) is 0 Å². The number of anilines is 1. The van der Waals surface area contributed by atoms with E-state index in [1.54, 1.807) is 0 Å². The van der Waals surface area contributed by atoms with Gasteiger partial charge in [0, 0.05) is 12.7 Å². The molecule has 0 amide bonds. The predicted molar refractivity (Wildman–Crippen MR) is 124 cm³/mol. The third kappa shape index (κ3) is 3.53. The monoisotopic (exact) mass is 377 g/mol.